The summed E-state index contributed by atoms with van der Waals surface area (Å²) in [5, 5.41) is 3.18. The number of benzene rings is 1. The van der Waals surface area contributed by atoms with Crippen LogP contribution in [0.3, 0.4) is 0 Å². The van der Waals surface area contributed by atoms with Gasteiger partial charge in [0, 0.05) is 25.5 Å². The highest BCUT2D eigenvalue weighted by Gasteiger charge is 2.18. The van der Waals surface area contributed by atoms with Gasteiger partial charge in [0.15, 0.2) is 0 Å². The number of aromatic nitrogens is 1. The van der Waals surface area contributed by atoms with E-state index in [0.717, 1.165) is 11.1 Å². The molecule has 0 aliphatic heterocycles. The zero-order valence-corrected chi connectivity index (χ0v) is 13.1. The van der Waals surface area contributed by atoms with E-state index in [2.05, 4.69) is 15.0 Å². The molecule has 21 heavy (non-hydrogen) atoms. The number of hydrogen-bond donors (Lipinski definition) is 2. The second-order valence-corrected chi connectivity index (χ2v) is 6.62. The van der Waals surface area contributed by atoms with Gasteiger partial charge in [0.25, 0.3) is 0 Å². The molecule has 5 nitrogen and oxygen atoms in total. The molecule has 2 rings (SSSR count). The predicted octanol–water partition coefficient (Wildman–Crippen LogP) is 1.93. The molecule has 0 aliphatic rings. The van der Waals surface area contributed by atoms with Crippen LogP contribution in [0.1, 0.15) is 11.1 Å². The smallest absolute Gasteiger partial charge is 0.242 e. The average molecular weight is 326 g/mol. The van der Waals surface area contributed by atoms with E-state index in [0.29, 0.717) is 6.54 Å². The van der Waals surface area contributed by atoms with Crippen LogP contribution in [-0.4, -0.2) is 20.4 Å². The summed E-state index contributed by atoms with van der Waals surface area (Å²) in [6.45, 7) is 0.765. The van der Waals surface area contributed by atoms with Crippen LogP contribution in [0, 0.1) is 0 Å². The molecular formula is C14H16ClN3O2S. The largest absolute Gasteiger partial charge is 0.316 e. The highest BCUT2D eigenvalue weighted by Crippen LogP contribution is 2.22. The Labute approximate surface area is 129 Å². The van der Waals surface area contributed by atoms with Crippen LogP contribution < -0.4 is 10.0 Å². The van der Waals surface area contributed by atoms with E-state index in [-0.39, 0.29) is 16.5 Å². The summed E-state index contributed by atoms with van der Waals surface area (Å²) < 4.78 is 27.2. The molecule has 112 valence electrons. The number of sulfonamides is 1. The number of rotatable bonds is 6. The van der Waals surface area contributed by atoms with E-state index in [9.17, 15) is 8.42 Å². The lowest BCUT2D eigenvalue weighted by molar-refractivity contribution is 0.581. The zero-order valence-electron chi connectivity index (χ0n) is 11.5. The molecule has 0 amide bonds. The second-order valence-electron chi connectivity index (χ2n) is 4.48. The van der Waals surface area contributed by atoms with Crippen LogP contribution in [0.4, 0.5) is 0 Å². The van der Waals surface area contributed by atoms with Gasteiger partial charge in [-0.3, -0.25) is 4.98 Å². The van der Waals surface area contributed by atoms with Gasteiger partial charge in [-0.05, 0) is 42.4 Å². The van der Waals surface area contributed by atoms with Gasteiger partial charge in [-0.1, -0.05) is 17.7 Å². The Kier molecular flexibility index (Phi) is 5.30. The molecule has 1 heterocycles. The Morgan fingerprint density at radius 3 is 2.48 bits per heavy atom. The minimum absolute atomic E-state index is 0.0889. The van der Waals surface area contributed by atoms with Crippen molar-refractivity contribution in [2.75, 3.05) is 7.05 Å². The van der Waals surface area contributed by atoms with E-state index >= 15 is 0 Å². The molecule has 0 saturated carbocycles. The van der Waals surface area contributed by atoms with Crippen LogP contribution in [0.5, 0.6) is 0 Å². The Bertz CT molecular complexity index is 705. The first-order valence-electron chi connectivity index (χ1n) is 6.34. The quantitative estimate of drug-likeness (QED) is 0.851. The molecule has 2 aromatic rings. The van der Waals surface area contributed by atoms with Crippen LogP contribution >= 0.6 is 11.6 Å². The SMILES string of the molecule is CNCc1ccc(Cl)c(S(=O)(=O)NCc2ccncc2)c1. The van der Waals surface area contributed by atoms with Gasteiger partial charge in [-0.15, -0.1) is 0 Å². The van der Waals surface area contributed by atoms with Gasteiger partial charge in [-0.25, -0.2) is 13.1 Å². The molecule has 0 bridgehead atoms. The van der Waals surface area contributed by atoms with Crippen molar-refractivity contribution in [2.45, 2.75) is 18.0 Å². The summed E-state index contributed by atoms with van der Waals surface area (Å²) in [7, 11) is -1.86. The van der Waals surface area contributed by atoms with E-state index in [1.165, 1.54) is 0 Å². The molecule has 0 radical (unpaired) electrons. The minimum Gasteiger partial charge on any atom is -0.316 e. The van der Waals surface area contributed by atoms with Crippen molar-refractivity contribution in [3.05, 3.63) is 58.9 Å². The van der Waals surface area contributed by atoms with Crippen molar-refractivity contribution >= 4 is 21.6 Å². The molecule has 0 fully saturated rings. The van der Waals surface area contributed by atoms with Crippen LogP contribution in [0.2, 0.25) is 5.02 Å². The predicted molar refractivity (Wildman–Crippen MR) is 82.5 cm³/mol. The van der Waals surface area contributed by atoms with Gasteiger partial charge >= 0.3 is 0 Å². The average Bonchev–Trinajstić information content (AvgIpc) is 2.48. The molecule has 0 saturated heterocycles. The van der Waals surface area contributed by atoms with Crippen molar-refractivity contribution in [3.63, 3.8) is 0 Å². The van der Waals surface area contributed by atoms with Crippen LogP contribution in [0.25, 0.3) is 0 Å². The fourth-order valence-electron chi connectivity index (χ4n) is 1.82. The summed E-state index contributed by atoms with van der Waals surface area (Å²) in [6, 6.07) is 8.47. The summed E-state index contributed by atoms with van der Waals surface area (Å²) in [4.78, 5) is 3.98. The number of pyridine rings is 1. The van der Waals surface area contributed by atoms with E-state index in [1.807, 2.05) is 0 Å². The summed E-state index contributed by atoms with van der Waals surface area (Å²) in [5.41, 5.74) is 1.68. The third-order valence-corrected chi connectivity index (χ3v) is 4.76. The maximum absolute atomic E-state index is 12.4. The molecule has 0 aliphatic carbocycles. The third kappa shape index (κ3) is 4.25. The van der Waals surface area contributed by atoms with Crippen LogP contribution in [0.15, 0.2) is 47.6 Å². The monoisotopic (exact) mass is 325 g/mol. The summed E-state index contributed by atoms with van der Waals surface area (Å²) >= 11 is 6.01. The fourth-order valence-corrected chi connectivity index (χ4v) is 3.39. The number of nitrogens with one attached hydrogen (secondary N) is 2. The Morgan fingerprint density at radius 1 is 1.10 bits per heavy atom. The maximum Gasteiger partial charge on any atom is 0.242 e. The number of nitrogens with zero attached hydrogens (tertiary/aromatic N) is 1. The normalized spacial score (nSPS) is 11.5. The fraction of sp³-hybridized carbons (Fsp3) is 0.214. The van der Waals surface area contributed by atoms with Gasteiger partial charge in [-0.2, -0.15) is 0 Å². The lowest BCUT2D eigenvalue weighted by Crippen LogP contribution is -2.24. The Hall–Kier alpha value is -1.47. The molecule has 0 unspecified atom stereocenters. The van der Waals surface area contributed by atoms with Gasteiger partial charge in [0.05, 0.1) is 5.02 Å². The van der Waals surface area contributed by atoms with E-state index in [4.69, 9.17) is 11.6 Å². The van der Waals surface area contributed by atoms with Crippen LogP contribution in [-0.2, 0) is 23.1 Å². The Balaban J connectivity index is 2.21. The van der Waals surface area contributed by atoms with Crippen molar-refractivity contribution < 1.29 is 8.42 Å². The molecule has 1 aromatic heterocycles. The first kappa shape index (κ1) is 15.9. The number of halogens is 1. The lowest BCUT2D eigenvalue weighted by atomic mass is 10.2. The molecule has 2 N–H and O–H groups in total. The standard InChI is InChI=1S/C14H16ClN3O2S/c1-16-9-12-2-3-13(15)14(8-12)21(19,20)18-10-11-4-6-17-7-5-11/h2-8,16,18H,9-10H2,1H3. The van der Waals surface area contributed by atoms with E-state index < -0.39 is 10.0 Å². The lowest BCUT2D eigenvalue weighted by Gasteiger charge is -2.10. The first-order valence-corrected chi connectivity index (χ1v) is 8.20. The maximum atomic E-state index is 12.4. The van der Waals surface area contributed by atoms with Crippen molar-refractivity contribution in [1.29, 1.82) is 0 Å². The number of hydrogen-bond acceptors (Lipinski definition) is 4. The zero-order chi connectivity index (χ0) is 15.3. The molecule has 0 spiro atoms. The van der Waals surface area contributed by atoms with Gasteiger partial charge in [0.2, 0.25) is 10.0 Å². The van der Waals surface area contributed by atoms with Crippen molar-refractivity contribution in [3.8, 4) is 0 Å². The molecular weight excluding hydrogens is 310 g/mol. The first-order chi connectivity index (χ1) is 10.0. The highest BCUT2D eigenvalue weighted by molar-refractivity contribution is 7.89. The Morgan fingerprint density at radius 2 is 1.81 bits per heavy atom. The highest BCUT2D eigenvalue weighted by atomic mass is 35.5. The topological polar surface area (TPSA) is 71.1 Å². The van der Waals surface area contributed by atoms with Crippen molar-refractivity contribution in [2.24, 2.45) is 0 Å². The minimum atomic E-state index is -3.66. The summed E-state index contributed by atoms with van der Waals surface area (Å²) in [5.74, 6) is 0. The molecule has 7 heteroatoms. The van der Waals surface area contributed by atoms with E-state index in [1.54, 1.807) is 49.8 Å². The van der Waals surface area contributed by atoms with Gasteiger partial charge < -0.3 is 5.32 Å². The summed E-state index contributed by atoms with van der Waals surface area (Å²) in [6.07, 6.45) is 3.23. The molecule has 0 atom stereocenters. The molecule has 1 aromatic carbocycles. The van der Waals surface area contributed by atoms with Gasteiger partial charge in [0.1, 0.15) is 4.90 Å². The second kappa shape index (κ2) is 7.00. The third-order valence-electron chi connectivity index (χ3n) is 2.88. The van der Waals surface area contributed by atoms with Crippen molar-refractivity contribution in [1.82, 2.24) is 15.0 Å².